The summed E-state index contributed by atoms with van der Waals surface area (Å²) in [6.07, 6.45) is 1.87. The minimum atomic E-state index is -0.957. The summed E-state index contributed by atoms with van der Waals surface area (Å²) < 4.78 is 14.8. The number of imidazole rings is 1. The predicted molar refractivity (Wildman–Crippen MR) is 137 cm³/mol. The van der Waals surface area contributed by atoms with E-state index in [0.717, 1.165) is 41.8 Å². The van der Waals surface area contributed by atoms with Crippen LogP contribution in [-0.4, -0.2) is 34.4 Å². The molecule has 1 heterocycles. The highest BCUT2D eigenvalue weighted by atomic mass is 16.7. The Labute approximate surface area is 206 Å². The molecule has 0 atom stereocenters. The molecule has 0 aliphatic heterocycles. The average molecular weight is 481 g/mol. The molecule has 1 aromatic heterocycles. The van der Waals surface area contributed by atoms with Crippen molar-refractivity contribution < 1.29 is 19.4 Å². The van der Waals surface area contributed by atoms with Gasteiger partial charge in [0.2, 0.25) is 0 Å². The largest absolute Gasteiger partial charge is 0.478 e. The Morgan fingerprint density at radius 3 is 2.23 bits per heavy atom. The minimum Gasteiger partial charge on any atom is -0.478 e. The molecule has 0 amide bonds. The molecule has 2 aromatic carbocycles. The summed E-state index contributed by atoms with van der Waals surface area (Å²) in [5.41, 5.74) is 4.36. The van der Waals surface area contributed by atoms with Gasteiger partial charge >= 0.3 is 11.7 Å². The first kappa shape index (κ1) is 26.4. The quantitative estimate of drug-likeness (QED) is 0.353. The predicted octanol–water partition coefficient (Wildman–Crippen LogP) is 5.35. The van der Waals surface area contributed by atoms with E-state index in [9.17, 15) is 14.7 Å². The number of hydrogen-bond acceptors (Lipinski definition) is 4. The molecule has 0 radical (unpaired) electrons. The van der Waals surface area contributed by atoms with E-state index >= 15 is 0 Å². The molecule has 0 saturated carbocycles. The lowest BCUT2D eigenvalue weighted by atomic mass is 9.99. The smallest absolute Gasteiger partial charge is 0.336 e. The average Bonchev–Trinajstić information content (AvgIpc) is 3.10. The van der Waals surface area contributed by atoms with Gasteiger partial charge in [0.1, 0.15) is 0 Å². The highest BCUT2D eigenvalue weighted by molar-refractivity contribution is 5.95. The fraction of sp³-hybridized carbons (Fsp3) is 0.429. The van der Waals surface area contributed by atoms with E-state index < -0.39 is 12.3 Å². The first-order valence-corrected chi connectivity index (χ1v) is 12.1. The fourth-order valence-corrected chi connectivity index (χ4v) is 4.40. The number of carbonyl (C=O) groups is 1. The second kappa shape index (κ2) is 12.0. The molecule has 35 heavy (non-hydrogen) atoms. The topological polar surface area (TPSA) is 82.7 Å². The molecule has 0 spiro atoms. The lowest BCUT2D eigenvalue weighted by Gasteiger charge is -2.18. The Kier molecular flexibility index (Phi) is 9.07. The van der Waals surface area contributed by atoms with Crippen molar-refractivity contribution in [3.63, 3.8) is 0 Å². The Hall–Kier alpha value is -3.16. The summed E-state index contributed by atoms with van der Waals surface area (Å²) in [7, 11) is 3.18. The van der Waals surface area contributed by atoms with Gasteiger partial charge in [0.15, 0.2) is 6.29 Å². The van der Waals surface area contributed by atoms with E-state index in [2.05, 4.69) is 20.8 Å². The molecule has 7 heteroatoms. The number of rotatable bonds is 12. The standard InChI is InChI=1S/C28H36N2O5/c1-6-9-24-25(27(34-4)35-5)29(17-16-19(2)3)28(33)30(24)18-20-12-14-21(15-13-20)22-10-7-8-11-23(22)26(31)32/h7-8,10-15,19,27H,6,9,16-18H2,1-5H3,(H,31,32). The Morgan fingerprint density at radius 2 is 1.66 bits per heavy atom. The van der Waals surface area contributed by atoms with Crippen LogP contribution in [0.15, 0.2) is 53.3 Å². The van der Waals surface area contributed by atoms with Crippen LogP contribution >= 0.6 is 0 Å². The van der Waals surface area contributed by atoms with Crippen LogP contribution in [0.3, 0.4) is 0 Å². The van der Waals surface area contributed by atoms with Crippen LogP contribution in [0.2, 0.25) is 0 Å². The van der Waals surface area contributed by atoms with Crippen LogP contribution in [0.1, 0.15) is 67.2 Å². The first-order valence-electron chi connectivity index (χ1n) is 12.1. The van der Waals surface area contributed by atoms with Gasteiger partial charge < -0.3 is 14.6 Å². The van der Waals surface area contributed by atoms with Crippen molar-refractivity contribution in [3.8, 4) is 11.1 Å². The summed E-state index contributed by atoms with van der Waals surface area (Å²) in [5.74, 6) is -0.501. The SMILES string of the molecule is CCCc1c(C(OC)OC)n(CCC(C)C)c(=O)n1Cc1ccc(-c2ccccc2C(=O)O)cc1. The van der Waals surface area contributed by atoms with Crippen LogP contribution < -0.4 is 5.69 Å². The van der Waals surface area contributed by atoms with Gasteiger partial charge in [0.05, 0.1) is 17.8 Å². The van der Waals surface area contributed by atoms with Crippen molar-refractivity contribution >= 4 is 5.97 Å². The van der Waals surface area contributed by atoms with Crippen molar-refractivity contribution in [2.75, 3.05) is 14.2 Å². The van der Waals surface area contributed by atoms with Gasteiger partial charge in [-0.2, -0.15) is 0 Å². The van der Waals surface area contributed by atoms with Gasteiger partial charge in [-0.3, -0.25) is 9.13 Å². The maximum atomic E-state index is 13.6. The zero-order valence-corrected chi connectivity index (χ0v) is 21.3. The monoisotopic (exact) mass is 480 g/mol. The van der Waals surface area contributed by atoms with Crippen LogP contribution in [-0.2, 0) is 29.0 Å². The molecule has 3 aromatic rings. The summed E-state index contributed by atoms with van der Waals surface area (Å²) in [6.45, 7) is 7.39. The number of ether oxygens (including phenoxy) is 2. The van der Waals surface area contributed by atoms with E-state index in [1.54, 1.807) is 37.0 Å². The van der Waals surface area contributed by atoms with E-state index in [-0.39, 0.29) is 11.3 Å². The summed E-state index contributed by atoms with van der Waals surface area (Å²) in [6, 6.07) is 14.7. The van der Waals surface area contributed by atoms with E-state index in [0.29, 0.717) is 24.6 Å². The zero-order valence-electron chi connectivity index (χ0n) is 21.3. The van der Waals surface area contributed by atoms with Gasteiger partial charge in [-0.05, 0) is 41.5 Å². The number of methoxy groups -OCH3 is 2. The number of nitrogens with zero attached hydrogens (tertiary/aromatic N) is 2. The number of benzene rings is 2. The van der Waals surface area contributed by atoms with Crippen LogP contribution in [0.5, 0.6) is 0 Å². The Balaban J connectivity index is 2.02. The number of carboxylic acids is 1. The third-order valence-corrected chi connectivity index (χ3v) is 6.21. The third kappa shape index (κ3) is 5.92. The lowest BCUT2D eigenvalue weighted by molar-refractivity contribution is -0.111. The molecule has 1 N–H and O–H groups in total. The molecular formula is C28H36N2O5. The first-order chi connectivity index (χ1) is 16.8. The highest BCUT2D eigenvalue weighted by Crippen LogP contribution is 2.26. The van der Waals surface area contributed by atoms with E-state index in [1.807, 2.05) is 34.9 Å². The maximum absolute atomic E-state index is 13.6. The van der Waals surface area contributed by atoms with E-state index in [1.165, 1.54) is 0 Å². The van der Waals surface area contributed by atoms with Gasteiger partial charge in [0.25, 0.3) is 0 Å². The molecular weight excluding hydrogens is 444 g/mol. The summed E-state index contributed by atoms with van der Waals surface area (Å²) in [4.78, 5) is 25.2. The lowest BCUT2D eigenvalue weighted by Crippen LogP contribution is -2.27. The molecule has 0 aliphatic rings. The number of hydrogen-bond donors (Lipinski definition) is 1. The van der Waals surface area contributed by atoms with Crippen molar-refractivity contribution in [2.24, 2.45) is 5.92 Å². The van der Waals surface area contributed by atoms with Crippen molar-refractivity contribution in [3.05, 3.63) is 81.5 Å². The molecule has 7 nitrogen and oxygen atoms in total. The third-order valence-electron chi connectivity index (χ3n) is 6.21. The molecule has 0 aliphatic carbocycles. The Morgan fingerprint density at radius 1 is 1.00 bits per heavy atom. The Bertz CT molecular complexity index is 1190. The second-order valence-electron chi connectivity index (χ2n) is 9.14. The highest BCUT2D eigenvalue weighted by Gasteiger charge is 2.26. The van der Waals surface area contributed by atoms with Gasteiger partial charge in [-0.25, -0.2) is 9.59 Å². The molecule has 0 bridgehead atoms. The van der Waals surface area contributed by atoms with Crippen molar-refractivity contribution in [1.29, 1.82) is 0 Å². The number of aromatic carboxylic acids is 1. The maximum Gasteiger partial charge on any atom is 0.336 e. The fourth-order valence-electron chi connectivity index (χ4n) is 4.40. The van der Waals surface area contributed by atoms with Gasteiger partial charge in [0, 0.05) is 26.5 Å². The molecule has 0 unspecified atom stereocenters. The van der Waals surface area contributed by atoms with E-state index in [4.69, 9.17) is 9.47 Å². The summed E-state index contributed by atoms with van der Waals surface area (Å²) in [5, 5.41) is 9.52. The van der Waals surface area contributed by atoms with Crippen LogP contribution in [0, 0.1) is 5.92 Å². The molecule has 3 rings (SSSR count). The normalized spacial score (nSPS) is 11.5. The molecule has 0 saturated heterocycles. The van der Waals surface area contributed by atoms with Crippen LogP contribution in [0.4, 0.5) is 0 Å². The summed E-state index contributed by atoms with van der Waals surface area (Å²) >= 11 is 0. The minimum absolute atomic E-state index is 0.0662. The number of aromatic nitrogens is 2. The molecule has 188 valence electrons. The van der Waals surface area contributed by atoms with Gasteiger partial charge in [-0.1, -0.05) is 69.7 Å². The van der Waals surface area contributed by atoms with Crippen molar-refractivity contribution in [1.82, 2.24) is 9.13 Å². The van der Waals surface area contributed by atoms with Crippen LogP contribution in [0.25, 0.3) is 11.1 Å². The second-order valence-corrected chi connectivity index (χ2v) is 9.14. The van der Waals surface area contributed by atoms with Crippen molar-refractivity contribution in [2.45, 2.75) is 59.4 Å². The van der Waals surface area contributed by atoms with Gasteiger partial charge in [-0.15, -0.1) is 0 Å². The zero-order chi connectivity index (χ0) is 25.5. The number of carboxylic acid groups (broad SMARTS) is 1. The molecule has 0 fully saturated rings.